The number of hydrogen-bond acceptors (Lipinski definition) is 3. The highest BCUT2D eigenvalue weighted by Crippen LogP contribution is 2.34. The van der Waals surface area contributed by atoms with E-state index in [9.17, 15) is 9.59 Å². The number of carbonyl (C=O) groups excluding carboxylic acids is 2. The minimum absolute atomic E-state index is 0.117. The van der Waals surface area contributed by atoms with Gasteiger partial charge in [-0.2, -0.15) is 0 Å². The van der Waals surface area contributed by atoms with Crippen LogP contribution in [0.25, 0.3) is 21.2 Å². The van der Waals surface area contributed by atoms with Gasteiger partial charge in [0.05, 0.1) is 23.1 Å². The van der Waals surface area contributed by atoms with E-state index < -0.39 is 5.92 Å². The van der Waals surface area contributed by atoms with Gasteiger partial charge in [-0.3, -0.25) is 9.59 Å². The van der Waals surface area contributed by atoms with Crippen LogP contribution in [-0.4, -0.2) is 11.8 Å². The van der Waals surface area contributed by atoms with Crippen LogP contribution >= 0.6 is 11.3 Å². The Bertz CT molecular complexity index is 1650. The molecule has 0 fully saturated rings. The maximum Gasteiger partial charge on any atom is 0.258 e. The molecular formula is C32H30N2O2S. The van der Waals surface area contributed by atoms with E-state index in [0.29, 0.717) is 11.8 Å². The summed E-state index contributed by atoms with van der Waals surface area (Å²) < 4.78 is 0. The van der Waals surface area contributed by atoms with E-state index in [4.69, 9.17) is 0 Å². The lowest BCUT2D eigenvalue weighted by molar-refractivity contribution is -0.118. The molecule has 0 N–H and O–H groups in total. The zero-order valence-electron chi connectivity index (χ0n) is 21.3. The van der Waals surface area contributed by atoms with Crippen LogP contribution in [0, 0.1) is 5.92 Å². The monoisotopic (exact) mass is 506 g/mol. The molecule has 3 aromatic carbocycles. The predicted octanol–water partition coefficient (Wildman–Crippen LogP) is 6.32. The number of benzene rings is 3. The van der Waals surface area contributed by atoms with E-state index in [1.165, 1.54) is 41.0 Å². The number of hydrogen-bond donors (Lipinski definition) is 0. The summed E-state index contributed by atoms with van der Waals surface area (Å²) in [5, 5.41) is 3.22. The van der Waals surface area contributed by atoms with E-state index in [1.807, 2.05) is 35.6 Å². The van der Waals surface area contributed by atoms with E-state index in [-0.39, 0.29) is 11.8 Å². The number of rotatable bonds is 8. The largest absolute Gasteiger partial charge is 0.272 e. The van der Waals surface area contributed by atoms with Crippen molar-refractivity contribution in [3.8, 4) is 10.4 Å². The molecule has 0 saturated carbocycles. The van der Waals surface area contributed by atoms with Crippen LogP contribution in [-0.2, 0) is 22.4 Å². The molecule has 2 atom stereocenters. The molecule has 37 heavy (non-hydrogen) atoms. The molecule has 5 heteroatoms. The first kappa shape index (κ1) is 23.9. The van der Waals surface area contributed by atoms with Gasteiger partial charge in [-0.1, -0.05) is 88.1 Å². The fourth-order valence-electron chi connectivity index (χ4n) is 5.74. The van der Waals surface area contributed by atoms with Crippen molar-refractivity contribution in [3.63, 3.8) is 0 Å². The van der Waals surface area contributed by atoms with Crippen LogP contribution in [0.3, 0.4) is 0 Å². The predicted molar refractivity (Wildman–Crippen MR) is 149 cm³/mol. The SMILES string of the molecule is CCCCC(CC)Cc1ccc(-c2ccc(C3C(=O)N=c4c3ccc3c5c(ccc43)CC(=O)N=5)cc2)s1. The molecule has 3 heterocycles. The lowest BCUT2D eigenvalue weighted by atomic mass is 9.90. The van der Waals surface area contributed by atoms with Crippen molar-refractivity contribution in [3.05, 3.63) is 92.9 Å². The van der Waals surface area contributed by atoms with Crippen LogP contribution in [0.2, 0.25) is 0 Å². The molecular weight excluding hydrogens is 476 g/mol. The van der Waals surface area contributed by atoms with Crippen molar-refractivity contribution >= 4 is 33.9 Å². The minimum atomic E-state index is -0.400. The Labute approximate surface area is 220 Å². The molecule has 0 aliphatic carbocycles. The van der Waals surface area contributed by atoms with Crippen molar-refractivity contribution in [2.45, 2.75) is 58.3 Å². The van der Waals surface area contributed by atoms with Crippen molar-refractivity contribution < 1.29 is 9.59 Å². The van der Waals surface area contributed by atoms with Crippen LogP contribution < -0.4 is 10.7 Å². The van der Waals surface area contributed by atoms with E-state index in [2.05, 4.69) is 60.2 Å². The van der Waals surface area contributed by atoms with Crippen molar-refractivity contribution in [1.82, 2.24) is 0 Å². The Hall–Kier alpha value is -3.44. The fourth-order valence-corrected chi connectivity index (χ4v) is 6.86. The van der Waals surface area contributed by atoms with Crippen LogP contribution in [0.1, 0.15) is 67.0 Å². The average Bonchev–Trinajstić information content (AvgIpc) is 3.62. The molecule has 0 spiro atoms. The van der Waals surface area contributed by atoms with Gasteiger partial charge in [0.15, 0.2) is 0 Å². The smallest absolute Gasteiger partial charge is 0.258 e. The van der Waals surface area contributed by atoms with Gasteiger partial charge >= 0.3 is 0 Å². The van der Waals surface area contributed by atoms with Gasteiger partial charge in [0.25, 0.3) is 11.8 Å². The van der Waals surface area contributed by atoms with E-state index in [0.717, 1.165) is 45.2 Å². The summed E-state index contributed by atoms with van der Waals surface area (Å²) in [6.45, 7) is 4.56. The van der Waals surface area contributed by atoms with Gasteiger partial charge in [0, 0.05) is 20.5 Å². The fraction of sp³-hybridized carbons (Fsp3) is 0.312. The summed E-state index contributed by atoms with van der Waals surface area (Å²) in [6.07, 6.45) is 6.61. The Kier molecular flexibility index (Phi) is 6.33. The molecule has 2 amide bonds. The summed E-state index contributed by atoms with van der Waals surface area (Å²) in [4.78, 5) is 36.3. The van der Waals surface area contributed by atoms with Crippen molar-refractivity contribution in [2.24, 2.45) is 15.9 Å². The number of nitrogens with zero attached hydrogens (tertiary/aromatic N) is 2. The molecule has 0 bridgehead atoms. The Morgan fingerprint density at radius 1 is 0.892 bits per heavy atom. The number of carbonyl (C=O) groups is 2. The molecule has 2 unspecified atom stereocenters. The molecule has 6 rings (SSSR count). The Morgan fingerprint density at radius 3 is 2.46 bits per heavy atom. The topological polar surface area (TPSA) is 58.9 Å². The summed E-state index contributed by atoms with van der Waals surface area (Å²) in [5.41, 5.74) is 4.01. The lowest BCUT2D eigenvalue weighted by Gasteiger charge is -2.12. The highest BCUT2D eigenvalue weighted by molar-refractivity contribution is 7.15. The van der Waals surface area contributed by atoms with Crippen LogP contribution in [0.4, 0.5) is 0 Å². The normalized spacial score (nSPS) is 17.0. The van der Waals surface area contributed by atoms with Gasteiger partial charge in [-0.25, -0.2) is 9.98 Å². The molecule has 4 aromatic rings. The molecule has 4 nitrogen and oxygen atoms in total. The maximum absolute atomic E-state index is 13.1. The first-order valence-corrected chi connectivity index (χ1v) is 14.1. The second-order valence-corrected chi connectivity index (χ2v) is 11.4. The van der Waals surface area contributed by atoms with Gasteiger partial charge in [-0.15, -0.1) is 11.3 Å². The number of thiophene rings is 1. The summed E-state index contributed by atoms with van der Waals surface area (Å²) in [7, 11) is 0. The molecule has 186 valence electrons. The molecule has 0 saturated heterocycles. The third-order valence-electron chi connectivity index (χ3n) is 7.84. The van der Waals surface area contributed by atoms with Gasteiger partial charge in [0.1, 0.15) is 0 Å². The summed E-state index contributed by atoms with van der Waals surface area (Å²) >= 11 is 1.88. The van der Waals surface area contributed by atoms with E-state index >= 15 is 0 Å². The molecule has 1 aromatic heterocycles. The maximum atomic E-state index is 13.1. The second-order valence-electron chi connectivity index (χ2n) is 10.2. The van der Waals surface area contributed by atoms with Gasteiger partial charge in [0.2, 0.25) is 0 Å². The standard InChI is InChI=1S/C32H30N2O2S/c1-3-5-6-19(4-2)17-23-12-16-27(37-23)20-7-9-21(10-8-20)29-26-15-14-24-25(31(26)34-32(29)36)13-11-22-18-28(35)33-30(22)24/h7-16,19,29H,3-6,17-18H2,1-2H3. The van der Waals surface area contributed by atoms with Crippen molar-refractivity contribution in [1.29, 1.82) is 0 Å². The summed E-state index contributed by atoms with van der Waals surface area (Å²) in [5.74, 6) is 0.105. The number of amides is 2. The zero-order valence-corrected chi connectivity index (χ0v) is 22.1. The number of unbranched alkanes of at least 4 members (excludes halogenated alkanes) is 1. The quantitative estimate of drug-likeness (QED) is 0.281. The third kappa shape index (κ3) is 4.36. The van der Waals surface area contributed by atoms with Gasteiger partial charge < -0.3 is 0 Å². The highest BCUT2D eigenvalue weighted by Gasteiger charge is 2.30. The lowest BCUT2D eigenvalue weighted by Crippen LogP contribution is -2.14. The van der Waals surface area contributed by atoms with Gasteiger partial charge in [-0.05, 0) is 46.7 Å². The number of fused-ring (bicyclic) bond motifs is 5. The first-order valence-electron chi connectivity index (χ1n) is 13.3. The Balaban J connectivity index is 1.27. The average molecular weight is 507 g/mol. The minimum Gasteiger partial charge on any atom is -0.272 e. The van der Waals surface area contributed by atoms with Crippen molar-refractivity contribution in [2.75, 3.05) is 0 Å². The first-order chi connectivity index (χ1) is 18.1. The molecule has 2 aliphatic heterocycles. The Morgan fingerprint density at radius 2 is 1.68 bits per heavy atom. The third-order valence-corrected chi connectivity index (χ3v) is 9.00. The zero-order chi connectivity index (χ0) is 25.5. The second kappa shape index (κ2) is 9.79. The highest BCUT2D eigenvalue weighted by atomic mass is 32.1. The van der Waals surface area contributed by atoms with Crippen LogP contribution in [0.15, 0.2) is 70.6 Å². The molecule has 0 radical (unpaired) electrons. The summed E-state index contributed by atoms with van der Waals surface area (Å²) in [6, 6.07) is 20.8. The van der Waals surface area contributed by atoms with Crippen LogP contribution in [0.5, 0.6) is 0 Å². The molecule has 2 aliphatic rings. The van der Waals surface area contributed by atoms with E-state index in [1.54, 1.807) is 0 Å².